The average Bonchev–Trinajstić information content (AvgIpc) is 2.49. The molecular weight excluding hydrogens is 288 g/mol. The summed E-state index contributed by atoms with van der Waals surface area (Å²) in [5, 5.41) is 0. The van der Waals surface area contributed by atoms with Gasteiger partial charge in [0.1, 0.15) is 0 Å². The van der Waals surface area contributed by atoms with Gasteiger partial charge in [0, 0.05) is 6.42 Å². The second-order valence-electron chi connectivity index (χ2n) is 5.99. The molecule has 1 aromatic carbocycles. The molecule has 0 saturated heterocycles. The number of hydrogen-bond acceptors (Lipinski definition) is 3. The summed E-state index contributed by atoms with van der Waals surface area (Å²) in [5.41, 5.74) is 7.35. The SMILES string of the molecule is CCOC(=O)CCCc1c(C)c(C)c(C)c(C)c1/C=C/C(C)=O. The Kier molecular flexibility index (Phi) is 7.21. The van der Waals surface area contributed by atoms with Gasteiger partial charge in [-0.3, -0.25) is 9.59 Å². The molecule has 0 aromatic heterocycles. The van der Waals surface area contributed by atoms with Crippen molar-refractivity contribution < 1.29 is 14.3 Å². The lowest BCUT2D eigenvalue weighted by atomic mass is 9.86. The van der Waals surface area contributed by atoms with Crippen LogP contribution in [0.25, 0.3) is 6.08 Å². The number of esters is 1. The topological polar surface area (TPSA) is 43.4 Å². The first-order valence-electron chi connectivity index (χ1n) is 8.23. The molecule has 0 amide bonds. The van der Waals surface area contributed by atoms with Gasteiger partial charge in [-0.1, -0.05) is 6.08 Å². The minimum absolute atomic E-state index is 0.0396. The number of carbonyl (C=O) groups excluding carboxylic acids is 2. The molecule has 3 nitrogen and oxygen atoms in total. The third kappa shape index (κ3) is 5.05. The van der Waals surface area contributed by atoms with Crippen molar-refractivity contribution in [3.63, 3.8) is 0 Å². The Bertz CT molecular complexity index is 625. The molecule has 1 aromatic rings. The maximum Gasteiger partial charge on any atom is 0.305 e. The Labute approximate surface area is 139 Å². The van der Waals surface area contributed by atoms with Crippen LogP contribution in [-0.2, 0) is 20.7 Å². The van der Waals surface area contributed by atoms with Crippen LogP contribution in [0.5, 0.6) is 0 Å². The Morgan fingerprint density at radius 2 is 1.61 bits per heavy atom. The quantitative estimate of drug-likeness (QED) is 0.553. The maximum absolute atomic E-state index is 11.5. The Balaban J connectivity index is 3.12. The van der Waals surface area contributed by atoms with Crippen molar-refractivity contribution in [1.29, 1.82) is 0 Å². The Morgan fingerprint density at radius 3 is 2.17 bits per heavy atom. The van der Waals surface area contributed by atoms with E-state index >= 15 is 0 Å². The first kappa shape index (κ1) is 19.1. The highest BCUT2D eigenvalue weighted by Gasteiger charge is 2.14. The number of hydrogen-bond donors (Lipinski definition) is 0. The fourth-order valence-corrected chi connectivity index (χ4v) is 2.81. The van der Waals surface area contributed by atoms with E-state index in [2.05, 4.69) is 27.7 Å². The molecule has 0 bridgehead atoms. The molecule has 0 aliphatic carbocycles. The zero-order valence-electron chi connectivity index (χ0n) is 15.2. The molecule has 126 valence electrons. The summed E-state index contributed by atoms with van der Waals surface area (Å²) >= 11 is 0. The number of carbonyl (C=O) groups is 2. The van der Waals surface area contributed by atoms with Crippen molar-refractivity contribution in [3.05, 3.63) is 39.5 Å². The number of allylic oxidation sites excluding steroid dienone is 1. The van der Waals surface area contributed by atoms with Crippen LogP contribution in [0.2, 0.25) is 0 Å². The molecule has 0 N–H and O–H groups in total. The van der Waals surface area contributed by atoms with Gasteiger partial charge in [-0.15, -0.1) is 0 Å². The van der Waals surface area contributed by atoms with Gasteiger partial charge in [-0.2, -0.15) is 0 Å². The summed E-state index contributed by atoms with van der Waals surface area (Å²) in [7, 11) is 0. The van der Waals surface area contributed by atoms with Crippen molar-refractivity contribution in [1.82, 2.24) is 0 Å². The van der Waals surface area contributed by atoms with Crippen LogP contribution in [0.1, 0.15) is 60.1 Å². The third-order valence-corrected chi connectivity index (χ3v) is 4.47. The highest BCUT2D eigenvalue weighted by Crippen LogP contribution is 2.29. The molecule has 0 aliphatic heterocycles. The van der Waals surface area contributed by atoms with Gasteiger partial charge in [0.2, 0.25) is 0 Å². The Morgan fingerprint density at radius 1 is 1.00 bits per heavy atom. The van der Waals surface area contributed by atoms with Gasteiger partial charge in [0.05, 0.1) is 6.61 Å². The number of rotatable bonds is 7. The average molecular weight is 316 g/mol. The van der Waals surface area contributed by atoms with Crippen molar-refractivity contribution in [2.45, 2.75) is 60.8 Å². The van der Waals surface area contributed by atoms with E-state index in [0.717, 1.165) is 18.4 Å². The van der Waals surface area contributed by atoms with Crippen LogP contribution in [-0.4, -0.2) is 18.4 Å². The highest BCUT2D eigenvalue weighted by atomic mass is 16.5. The van der Waals surface area contributed by atoms with Gasteiger partial charge in [0.15, 0.2) is 5.78 Å². The molecular formula is C20H28O3. The standard InChI is InChI=1S/C20H28O3/c1-7-23-20(22)10-8-9-18-16(5)14(3)15(4)17(6)19(18)12-11-13(2)21/h11-12H,7-10H2,1-6H3/b12-11+. The molecule has 0 heterocycles. The predicted octanol–water partition coefficient (Wildman–Crippen LogP) is 4.41. The predicted molar refractivity (Wildman–Crippen MR) is 94.7 cm³/mol. The van der Waals surface area contributed by atoms with Gasteiger partial charge in [0.25, 0.3) is 0 Å². The van der Waals surface area contributed by atoms with Crippen molar-refractivity contribution in [2.24, 2.45) is 0 Å². The molecule has 0 aliphatic rings. The summed E-state index contributed by atoms with van der Waals surface area (Å²) in [6, 6.07) is 0. The minimum atomic E-state index is -0.147. The second-order valence-corrected chi connectivity index (χ2v) is 5.99. The lowest BCUT2D eigenvalue weighted by Gasteiger charge is -2.19. The summed E-state index contributed by atoms with van der Waals surface area (Å²) in [4.78, 5) is 22.8. The molecule has 23 heavy (non-hydrogen) atoms. The number of ether oxygens (including phenoxy) is 1. The fourth-order valence-electron chi connectivity index (χ4n) is 2.81. The molecule has 0 saturated carbocycles. The van der Waals surface area contributed by atoms with Crippen LogP contribution >= 0.6 is 0 Å². The van der Waals surface area contributed by atoms with Gasteiger partial charge in [-0.05, 0) is 93.8 Å². The van der Waals surface area contributed by atoms with E-state index in [1.54, 1.807) is 13.0 Å². The van der Waals surface area contributed by atoms with Crippen LogP contribution in [0.4, 0.5) is 0 Å². The zero-order valence-corrected chi connectivity index (χ0v) is 15.2. The molecule has 0 atom stereocenters. The largest absolute Gasteiger partial charge is 0.466 e. The summed E-state index contributed by atoms with van der Waals surface area (Å²) < 4.78 is 4.99. The zero-order chi connectivity index (χ0) is 17.6. The van der Waals surface area contributed by atoms with E-state index in [1.807, 2.05) is 13.0 Å². The minimum Gasteiger partial charge on any atom is -0.466 e. The van der Waals surface area contributed by atoms with Crippen molar-refractivity contribution in [2.75, 3.05) is 6.61 Å². The summed E-state index contributed by atoms with van der Waals surface area (Å²) in [5.74, 6) is -0.107. The summed E-state index contributed by atoms with van der Waals surface area (Å²) in [6.45, 7) is 12.3. The van der Waals surface area contributed by atoms with Gasteiger partial charge in [-0.25, -0.2) is 0 Å². The first-order chi connectivity index (χ1) is 10.8. The van der Waals surface area contributed by atoms with E-state index in [-0.39, 0.29) is 11.8 Å². The van der Waals surface area contributed by atoms with Crippen molar-refractivity contribution in [3.8, 4) is 0 Å². The van der Waals surface area contributed by atoms with Crippen molar-refractivity contribution >= 4 is 17.8 Å². The molecule has 0 radical (unpaired) electrons. The number of benzene rings is 1. The third-order valence-electron chi connectivity index (χ3n) is 4.47. The first-order valence-corrected chi connectivity index (χ1v) is 8.23. The second kappa shape index (κ2) is 8.66. The molecule has 0 fully saturated rings. The lowest BCUT2D eigenvalue weighted by Crippen LogP contribution is -2.07. The van der Waals surface area contributed by atoms with E-state index in [9.17, 15) is 9.59 Å². The maximum atomic E-state index is 11.5. The smallest absolute Gasteiger partial charge is 0.305 e. The van der Waals surface area contributed by atoms with Crippen LogP contribution in [0.3, 0.4) is 0 Å². The highest BCUT2D eigenvalue weighted by molar-refractivity contribution is 5.92. The monoisotopic (exact) mass is 316 g/mol. The van der Waals surface area contributed by atoms with Crippen LogP contribution < -0.4 is 0 Å². The van der Waals surface area contributed by atoms with E-state index < -0.39 is 0 Å². The van der Waals surface area contributed by atoms with Crippen LogP contribution in [0, 0.1) is 27.7 Å². The van der Waals surface area contributed by atoms with E-state index in [0.29, 0.717) is 13.0 Å². The molecule has 3 heteroatoms. The van der Waals surface area contributed by atoms with E-state index in [4.69, 9.17) is 4.74 Å². The molecule has 0 spiro atoms. The normalized spacial score (nSPS) is 11.0. The van der Waals surface area contributed by atoms with Gasteiger partial charge >= 0.3 is 5.97 Å². The van der Waals surface area contributed by atoms with E-state index in [1.165, 1.54) is 27.8 Å². The molecule has 1 rings (SSSR count). The van der Waals surface area contributed by atoms with Crippen LogP contribution in [0.15, 0.2) is 6.08 Å². The summed E-state index contributed by atoms with van der Waals surface area (Å²) in [6.07, 6.45) is 5.52. The lowest BCUT2D eigenvalue weighted by molar-refractivity contribution is -0.143. The van der Waals surface area contributed by atoms with Gasteiger partial charge < -0.3 is 4.74 Å². The number of ketones is 1. The fraction of sp³-hybridized carbons (Fsp3) is 0.500. The molecule has 0 unspecified atom stereocenters. The Hall–Kier alpha value is -1.90.